The maximum atomic E-state index is 12.2. The lowest BCUT2D eigenvalue weighted by Crippen LogP contribution is -2.24. The van der Waals surface area contributed by atoms with Gasteiger partial charge in [-0.1, -0.05) is 19.1 Å². The van der Waals surface area contributed by atoms with Crippen molar-refractivity contribution in [1.82, 2.24) is 14.3 Å². The van der Waals surface area contributed by atoms with Crippen LogP contribution in [-0.4, -0.2) is 20.8 Å². The topological polar surface area (TPSA) is 37.6 Å². The zero-order valence-corrected chi connectivity index (χ0v) is 13.6. The molecule has 0 unspecified atom stereocenters. The minimum Gasteiger partial charge on any atom is -0.293 e. The van der Waals surface area contributed by atoms with Gasteiger partial charge >= 0.3 is 0 Å². The number of aryl methyl sites for hydroxylation is 1. The first-order valence-electron chi connectivity index (χ1n) is 7.40. The molecule has 0 N–H and O–H groups in total. The third-order valence-corrected chi connectivity index (χ3v) is 4.59. The lowest BCUT2D eigenvalue weighted by atomic mass is 10.2. The molecule has 3 rings (SSSR count). The summed E-state index contributed by atoms with van der Waals surface area (Å²) in [5, 5.41) is 2.09. The molecule has 0 spiro atoms. The quantitative estimate of drug-likeness (QED) is 0.726. The van der Waals surface area contributed by atoms with Gasteiger partial charge in [0, 0.05) is 30.2 Å². The van der Waals surface area contributed by atoms with E-state index in [1.54, 1.807) is 28.0 Å². The van der Waals surface area contributed by atoms with Gasteiger partial charge in [0.25, 0.3) is 5.56 Å². The largest absolute Gasteiger partial charge is 0.293 e. The Hall–Kier alpha value is -1.98. The second-order valence-electron chi connectivity index (χ2n) is 5.35. The summed E-state index contributed by atoms with van der Waals surface area (Å²) in [5.41, 5.74) is 2.58. The van der Waals surface area contributed by atoms with E-state index in [0.717, 1.165) is 30.0 Å². The fraction of sp³-hybridized carbons (Fsp3) is 0.294. The van der Waals surface area contributed by atoms with Crippen LogP contribution in [0.5, 0.6) is 0 Å². The Labute approximate surface area is 133 Å². The van der Waals surface area contributed by atoms with Crippen LogP contribution in [0.1, 0.15) is 23.1 Å². The summed E-state index contributed by atoms with van der Waals surface area (Å²) in [6.07, 6.45) is 1.77. The molecule has 0 aliphatic rings. The molecule has 22 heavy (non-hydrogen) atoms. The van der Waals surface area contributed by atoms with Crippen molar-refractivity contribution in [3.63, 3.8) is 0 Å². The van der Waals surface area contributed by atoms with E-state index < -0.39 is 0 Å². The van der Waals surface area contributed by atoms with Crippen LogP contribution >= 0.6 is 11.3 Å². The first-order valence-corrected chi connectivity index (χ1v) is 8.28. The summed E-state index contributed by atoms with van der Waals surface area (Å²) in [7, 11) is 0. The number of aromatic nitrogens is 2. The average molecular weight is 313 g/mol. The van der Waals surface area contributed by atoms with Crippen molar-refractivity contribution in [2.45, 2.75) is 26.9 Å². The maximum Gasteiger partial charge on any atom is 0.258 e. The number of nitrogens with zero attached hydrogens (tertiary/aromatic N) is 3. The normalized spacial score (nSPS) is 11.4. The van der Waals surface area contributed by atoms with Crippen LogP contribution in [0.25, 0.3) is 5.65 Å². The van der Waals surface area contributed by atoms with Crippen LogP contribution in [0, 0.1) is 6.92 Å². The zero-order valence-electron chi connectivity index (χ0n) is 12.8. The molecule has 3 heterocycles. The van der Waals surface area contributed by atoms with Gasteiger partial charge in [0.05, 0.1) is 5.69 Å². The molecule has 0 aliphatic carbocycles. The molecule has 0 saturated carbocycles. The summed E-state index contributed by atoms with van der Waals surface area (Å²) in [6, 6.07) is 9.70. The Morgan fingerprint density at radius 3 is 2.86 bits per heavy atom. The fourth-order valence-electron chi connectivity index (χ4n) is 2.52. The third kappa shape index (κ3) is 3.10. The monoisotopic (exact) mass is 313 g/mol. The molecule has 3 aromatic rings. The number of hydrogen-bond acceptors (Lipinski definition) is 4. The molecule has 0 aromatic carbocycles. The SMILES string of the molecule is CCN(Cc1cc(=O)n2cccc(C)c2n1)Cc1cccs1. The molecular formula is C17H19N3OS. The molecule has 0 atom stereocenters. The highest BCUT2D eigenvalue weighted by Gasteiger charge is 2.09. The van der Waals surface area contributed by atoms with Crippen LogP contribution < -0.4 is 5.56 Å². The molecular weight excluding hydrogens is 294 g/mol. The first kappa shape index (κ1) is 14.9. The van der Waals surface area contributed by atoms with E-state index in [-0.39, 0.29) is 5.56 Å². The van der Waals surface area contributed by atoms with Gasteiger partial charge in [0.2, 0.25) is 0 Å². The van der Waals surface area contributed by atoms with Gasteiger partial charge in [-0.05, 0) is 36.5 Å². The number of thiophene rings is 1. The van der Waals surface area contributed by atoms with Crippen LogP contribution in [-0.2, 0) is 13.1 Å². The average Bonchev–Trinajstić information content (AvgIpc) is 3.01. The number of rotatable bonds is 5. The second kappa shape index (κ2) is 6.42. The standard InChI is InChI=1S/C17H19N3OS/c1-3-19(12-15-7-5-9-22-15)11-14-10-16(21)20-8-4-6-13(2)17(20)18-14/h4-10H,3,11-12H2,1-2H3. The predicted octanol–water partition coefficient (Wildman–Crippen LogP) is 3.09. The highest BCUT2D eigenvalue weighted by Crippen LogP contribution is 2.14. The van der Waals surface area contributed by atoms with Gasteiger partial charge in [0.1, 0.15) is 5.65 Å². The zero-order chi connectivity index (χ0) is 15.5. The van der Waals surface area contributed by atoms with E-state index in [1.807, 2.05) is 19.1 Å². The predicted molar refractivity (Wildman–Crippen MR) is 90.3 cm³/mol. The van der Waals surface area contributed by atoms with Crippen LogP contribution in [0.3, 0.4) is 0 Å². The Morgan fingerprint density at radius 2 is 2.14 bits per heavy atom. The van der Waals surface area contributed by atoms with Crippen molar-refractivity contribution in [2.75, 3.05) is 6.54 Å². The summed E-state index contributed by atoms with van der Waals surface area (Å²) < 4.78 is 1.61. The highest BCUT2D eigenvalue weighted by atomic mass is 32.1. The smallest absolute Gasteiger partial charge is 0.258 e. The van der Waals surface area contributed by atoms with Crippen molar-refractivity contribution >= 4 is 17.0 Å². The summed E-state index contributed by atoms with van der Waals surface area (Å²) in [5.74, 6) is 0. The molecule has 0 bridgehead atoms. The van der Waals surface area contributed by atoms with Gasteiger partial charge in [0.15, 0.2) is 0 Å². The molecule has 0 saturated heterocycles. The Morgan fingerprint density at radius 1 is 1.27 bits per heavy atom. The summed E-state index contributed by atoms with van der Waals surface area (Å²) in [6.45, 7) is 6.62. The van der Waals surface area contributed by atoms with E-state index in [9.17, 15) is 4.79 Å². The van der Waals surface area contributed by atoms with Gasteiger partial charge in [-0.2, -0.15) is 0 Å². The van der Waals surface area contributed by atoms with Gasteiger partial charge in [-0.3, -0.25) is 14.1 Å². The molecule has 5 heteroatoms. The Bertz CT molecular complexity index is 824. The minimum absolute atomic E-state index is 0.0177. The number of pyridine rings is 1. The van der Waals surface area contributed by atoms with E-state index >= 15 is 0 Å². The molecule has 0 radical (unpaired) electrons. The molecule has 114 valence electrons. The van der Waals surface area contributed by atoms with Gasteiger partial charge < -0.3 is 0 Å². The minimum atomic E-state index is -0.0177. The van der Waals surface area contributed by atoms with Crippen LogP contribution in [0.4, 0.5) is 0 Å². The molecule has 0 fully saturated rings. The van der Waals surface area contributed by atoms with Crippen molar-refractivity contribution < 1.29 is 0 Å². The van der Waals surface area contributed by atoms with Gasteiger partial charge in [-0.25, -0.2) is 4.98 Å². The van der Waals surface area contributed by atoms with Crippen molar-refractivity contribution in [3.05, 3.63) is 68.4 Å². The van der Waals surface area contributed by atoms with Crippen LogP contribution in [0.2, 0.25) is 0 Å². The molecule has 4 nitrogen and oxygen atoms in total. The van der Waals surface area contributed by atoms with E-state index in [2.05, 4.69) is 34.3 Å². The van der Waals surface area contributed by atoms with Crippen molar-refractivity contribution in [3.8, 4) is 0 Å². The lowest BCUT2D eigenvalue weighted by molar-refractivity contribution is 0.270. The molecule has 0 amide bonds. The number of hydrogen-bond donors (Lipinski definition) is 0. The van der Waals surface area contributed by atoms with Crippen molar-refractivity contribution in [2.24, 2.45) is 0 Å². The Balaban J connectivity index is 1.89. The van der Waals surface area contributed by atoms with E-state index in [4.69, 9.17) is 0 Å². The van der Waals surface area contributed by atoms with Crippen molar-refractivity contribution in [1.29, 1.82) is 0 Å². The molecule has 0 aliphatic heterocycles. The maximum absolute atomic E-state index is 12.2. The highest BCUT2D eigenvalue weighted by molar-refractivity contribution is 7.09. The summed E-state index contributed by atoms with van der Waals surface area (Å²) in [4.78, 5) is 20.5. The summed E-state index contributed by atoms with van der Waals surface area (Å²) >= 11 is 1.76. The van der Waals surface area contributed by atoms with Crippen LogP contribution in [0.15, 0.2) is 46.7 Å². The Kier molecular flexibility index (Phi) is 4.36. The second-order valence-corrected chi connectivity index (χ2v) is 6.39. The lowest BCUT2D eigenvalue weighted by Gasteiger charge is -2.19. The third-order valence-electron chi connectivity index (χ3n) is 3.73. The molecule has 3 aromatic heterocycles. The van der Waals surface area contributed by atoms with E-state index in [0.29, 0.717) is 6.54 Å². The van der Waals surface area contributed by atoms with E-state index in [1.165, 1.54) is 4.88 Å². The number of fused-ring (bicyclic) bond motifs is 1. The first-order chi connectivity index (χ1) is 10.7. The fourth-order valence-corrected chi connectivity index (χ4v) is 3.27. The van der Waals surface area contributed by atoms with Gasteiger partial charge in [-0.15, -0.1) is 11.3 Å².